The van der Waals surface area contributed by atoms with Crippen molar-refractivity contribution in [2.75, 3.05) is 6.61 Å². The molecule has 1 heterocycles. The molecule has 0 saturated carbocycles. The van der Waals surface area contributed by atoms with Crippen LogP contribution in [0.15, 0.2) is 36.4 Å². The molecular formula is C15H18ClNO2S. The van der Waals surface area contributed by atoms with Gasteiger partial charge in [0.25, 0.3) is 0 Å². The predicted molar refractivity (Wildman–Crippen MR) is 84.0 cm³/mol. The zero-order valence-corrected chi connectivity index (χ0v) is 13.1. The molecule has 108 valence electrons. The lowest BCUT2D eigenvalue weighted by molar-refractivity contribution is 0.174. The van der Waals surface area contributed by atoms with Crippen molar-refractivity contribution in [3.63, 3.8) is 0 Å². The van der Waals surface area contributed by atoms with E-state index in [0.717, 1.165) is 15.0 Å². The Morgan fingerprint density at radius 1 is 1.20 bits per heavy atom. The maximum atomic E-state index is 6.06. The Morgan fingerprint density at radius 3 is 2.45 bits per heavy atom. The van der Waals surface area contributed by atoms with Gasteiger partial charge >= 0.3 is 0 Å². The Bertz CT molecular complexity index is 556. The number of hydrogen-bond donors (Lipinski definition) is 1. The average molecular weight is 312 g/mol. The highest BCUT2D eigenvalue weighted by molar-refractivity contribution is 7.16. The monoisotopic (exact) mass is 311 g/mol. The smallest absolute Gasteiger partial charge is 0.162 e. The van der Waals surface area contributed by atoms with Crippen molar-refractivity contribution in [2.24, 2.45) is 5.73 Å². The molecule has 2 unspecified atom stereocenters. The zero-order chi connectivity index (χ0) is 14.5. The Kier molecular flexibility index (Phi) is 5.29. The molecule has 2 atom stereocenters. The van der Waals surface area contributed by atoms with E-state index >= 15 is 0 Å². The average Bonchev–Trinajstić information content (AvgIpc) is 2.84. The predicted octanol–water partition coefficient (Wildman–Crippen LogP) is 4.27. The van der Waals surface area contributed by atoms with Crippen molar-refractivity contribution in [3.05, 3.63) is 45.6 Å². The van der Waals surface area contributed by atoms with Crippen LogP contribution in [0.4, 0.5) is 0 Å². The molecule has 5 heteroatoms. The van der Waals surface area contributed by atoms with Gasteiger partial charge in [0.15, 0.2) is 11.5 Å². The molecule has 0 radical (unpaired) electrons. The number of nitrogens with two attached hydrogens (primary N) is 1. The molecular weight excluding hydrogens is 294 g/mol. The first-order valence-corrected chi connectivity index (χ1v) is 7.70. The van der Waals surface area contributed by atoms with E-state index in [1.54, 1.807) is 0 Å². The van der Waals surface area contributed by atoms with E-state index < -0.39 is 0 Å². The van der Waals surface area contributed by atoms with E-state index in [1.165, 1.54) is 11.3 Å². The minimum absolute atomic E-state index is 0.153. The fraction of sp³-hybridized carbons (Fsp3) is 0.333. The molecule has 0 bridgehead atoms. The summed E-state index contributed by atoms with van der Waals surface area (Å²) in [6, 6.07) is 11.3. The van der Waals surface area contributed by atoms with Gasteiger partial charge in [-0.15, -0.1) is 11.3 Å². The summed E-state index contributed by atoms with van der Waals surface area (Å²) in [5.74, 6) is 1.42. The number of thiophene rings is 1. The van der Waals surface area contributed by atoms with Gasteiger partial charge in [0.1, 0.15) is 6.10 Å². The molecule has 2 N–H and O–H groups in total. The van der Waals surface area contributed by atoms with Crippen LogP contribution in [0.5, 0.6) is 11.5 Å². The van der Waals surface area contributed by atoms with Gasteiger partial charge in [-0.05, 0) is 38.1 Å². The Morgan fingerprint density at radius 2 is 1.90 bits per heavy atom. The Balaban J connectivity index is 2.25. The molecule has 0 fully saturated rings. The molecule has 1 aromatic heterocycles. The van der Waals surface area contributed by atoms with Crippen molar-refractivity contribution < 1.29 is 9.47 Å². The second-order valence-electron chi connectivity index (χ2n) is 4.42. The number of hydrogen-bond acceptors (Lipinski definition) is 4. The quantitative estimate of drug-likeness (QED) is 0.866. The van der Waals surface area contributed by atoms with Crippen molar-refractivity contribution >= 4 is 22.9 Å². The first kappa shape index (κ1) is 15.2. The molecule has 0 amide bonds. The highest BCUT2D eigenvalue weighted by Crippen LogP contribution is 2.35. The molecule has 2 aromatic rings. The van der Waals surface area contributed by atoms with E-state index in [1.807, 2.05) is 50.2 Å². The van der Waals surface area contributed by atoms with Crippen molar-refractivity contribution in [2.45, 2.75) is 26.0 Å². The van der Waals surface area contributed by atoms with Gasteiger partial charge in [-0.3, -0.25) is 0 Å². The third-order valence-corrected chi connectivity index (χ3v) is 4.05. The lowest BCUT2D eigenvalue weighted by Gasteiger charge is -2.22. The molecule has 0 saturated heterocycles. The van der Waals surface area contributed by atoms with Crippen LogP contribution in [-0.2, 0) is 0 Å². The topological polar surface area (TPSA) is 44.5 Å². The van der Waals surface area contributed by atoms with Gasteiger partial charge in [0.05, 0.1) is 10.9 Å². The Hall–Kier alpha value is -1.23. The van der Waals surface area contributed by atoms with E-state index in [4.69, 9.17) is 26.8 Å². The second kappa shape index (κ2) is 6.97. The second-order valence-corrected chi connectivity index (χ2v) is 6.17. The summed E-state index contributed by atoms with van der Waals surface area (Å²) < 4.78 is 12.4. The number of ether oxygens (including phenoxy) is 2. The molecule has 3 nitrogen and oxygen atoms in total. The van der Waals surface area contributed by atoms with Crippen LogP contribution in [-0.4, -0.2) is 12.6 Å². The van der Waals surface area contributed by atoms with Crippen LogP contribution in [0, 0.1) is 0 Å². The van der Waals surface area contributed by atoms with Gasteiger partial charge < -0.3 is 15.2 Å². The molecule has 0 aliphatic carbocycles. The third-order valence-electron chi connectivity index (χ3n) is 2.75. The largest absolute Gasteiger partial charge is 0.490 e. The van der Waals surface area contributed by atoms with Crippen molar-refractivity contribution in [1.82, 2.24) is 0 Å². The molecule has 0 spiro atoms. The van der Waals surface area contributed by atoms with Gasteiger partial charge in [-0.2, -0.15) is 0 Å². The van der Waals surface area contributed by atoms with Crippen LogP contribution < -0.4 is 15.2 Å². The summed E-state index contributed by atoms with van der Waals surface area (Å²) in [6.07, 6.45) is -0.242. The van der Waals surface area contributed by atoms with Gasteiger partial charge in [-0.1, -0.05) is 23.7 Å². The molecule has 0 aliphatic heterocycles. The zero-order valence-electron chi connectivity index (χ0n) is 11.5. The van der Waals surface area contributed by atoms with Crippen LogP contribution in [0.25, 0.3) is 0 Å². The standard InChI is InChI=1S/C15H18ClNO2S/c1-3-18-11-6-4-5-7-12(11)19-15(10(2)17)13-8-9-14(16)20-13/h4-10,15H,3,17H2,1-2H3. The van der Waals surface area contributed by atoms with Crippen molar-refractivity contribution in [3.8, 4) is 11.5 Å². The van der Waals surface area contributed by atoms with Crippen LogP contribution in [0.2, 0.25) is 4.34 Å². The fourth-order valence-electron chi connectivity index (χ4n) is 1.86. The highest BCUT2D eigenvalue weighted by Gasteiger charge is 2.21. The minimum atomic E-state index is -0.242. The van der Waals surface area contributed by atoms with Gasteiger partial charge in [0.2, 0.25) is 0 Å². The van der Waals surface area contributed by atoms with Crippen LogP contribution in [0.1, 0.15) is 24.8 Å². The van der Waals surface area contributed by atoms with E-state index in [9.17, 15) is 0 Å². The lowest BCUT2D eigenvalue weighted by atomic mass is 10.1. The van der Waals surface area contributed by atoms with Crippen LogP contribution in [0.3, 0.4) is 0 Å². The first-order valence-electron chi connectivity index (χ1n) is 6.51. The number of rotatable bonds is 6. The van der Waals surface area contributed by atoms with E-state index in [2.05, 4.69) is 0 Å². The normalized spacial score (nSPS) is 13.8. The Labute approximate surface area is 128 Å². The summed E-state index contributed by atoms with van der Waals surface area (Å²) in [5.41, 5.74) is 6.05. The van der Waals surface area contributed by atoms with E-state index in [-0.39, 0.29) is 12.1 Å². The SMILES string of the molecule is CCOc1ccccc1OC(c1ccc(Cl)s1)C(C)N. The molecule has 1 aromatic carbocycles. The number of benzene rings is 1. The summed E-state index contributed by atoms with van der Waals surface area (Å²) in [4.78, 5) is 1.01. The van der Waals surface area contributed by atoms with Gasteiger partial charge in [-0.25, -0.2) is 0 Å². The summed E-state index contributed by atoms with van der Waals surface area (Å²) in [5, 5.41) is 0. The molecule has 2 rings (SSSR count). The lowest BCUT2D eigenvalue weighted by Crippen LogP contribution is -2.28. The maximum absolute atomic E-state index is 6.06. The molecule has 0 aliphatic rings. The highest BCUT2D eigenvalue weighted by atomic mass is 35.5. The fourth-order valence-corrected chi connectivity index (χ4v) is 3.07. The van der Waals surface area contributed by atoms with Crippen molar-refractivity contribution in [1.29, 1.82) is 0 Å². The number of halogens is 1. The number of para-hydroxylation sites is 2. The summed E-state index contributed by atoms with van der Waals surface area (Å²) in [7, 11) is 0. The minimum Gasteiger partial charge on any atom is -0.490 e. The summed E-state index contributed by atoms with van der Waals surface area (Å²) >= 11 is 7.47. The van der Waals surface area contributed by atoms with E-state index in [0.29, 0.717) is 12.4 Å². The maximum Gasteiger partial charge on any atom is 0.162 e. The van der Waals surface area contributed by atoms with Gasteiger partial charge in [0, 0.05) is 10.9 Å². The third kappa shape index (κ3) is 3.66. The first-order chi connectivity index (χ1) is 9.61. The summed E-state index contributed by atoms with van der Waals surface area (Å²) in [6.45, 7) is 4.45. The van der Waals surface area contributed by atoms with Crippen LogP contribution >= 0.6 is 22.9 Å². The molecule has 20 heavy (non-hydrogen) atoms.